The number of hydrogen-bond donors (Lipinski definition) is 0. The van der Waals surface area contributed by atoms with Gasteiger partial charge < -0.3 is 9.64 Å². The van der Waals surface area contributed by atoms with E-state index >= 15 is 0 Å². The van der Waals surface area contributed by atoms with Gasteiger partial charge in [-0.2, -0.15) is 0 Å². The first-order chi connectivity index (χ1) is 13.2. The quantitative estimate of drug-likeness (QED) is 0.708. The van der Waals surface area contributed by atoms with E-state index in [2.05, 4.69) is 0 Å². The maximum Gasteiger partial charge on any atom is 0.254 e. The molecule has 5 nitrogen and oxygen atoms in total. The Morgan fingerprint density at radius 1 is 1.14 bits per heavy atom. The van der Waals surface area contributed by atoms with Gasteiger partial charge in [-0.15, -0.1) is 0 Å². The summed E-state index contributed by atoms with van der Waals surface area (Å²) in [5.41, 5.74) is 1.41. The Bertz CT molecular complexity index is 924. The van der Waals surface area contributed by atoms with Gasteiger partial charge in [0.2, 0.25) is 0 Å². The van der Waals surface area contributed by atoms with Gasteiger partial charge in [0.1, 0.15) is 5.75 Å². The Morgan fingerprint density at radius 3 is 2.32 bits per heavy atom. The van der Waals surface area contributed by atoms with Crippen molar-refractivity contribution in [2.24, 2.45) is 0 Å². The molecular formula is C21H24ClNO4S. The summed E-state index contributed by atoms with van der Waals surface area (Å²) in [6, 6.07) is 13.9. The van der Waals surface area contributed by atoms with Gasteiger partial charge in [0.15, 0.2) is 9.84 Å². The van der Waals surface area contributed by atoms with E-state index in [1.54, 1.807) is 41.3 Å². The Labute approximate surface area is 171 Å². The number of amides is 1. The predicted octanol–water partition coefficient (Wildman–Crippen LogP) is 3.96. The molecule has 0 N–H and O–H groups in total. The van der Waals surface area contributed by atoms with Gasteiger partial charge in [0.25, 0.3) is 5.91 Å². The monoisotopic (exact) mass is 421 g/mol. The highest BCUT2D eigenvalue weighted by molar-refractivity contribution is 7.91. The smallest absolute Gasteiger partial charge is 0.254 e. The summed E-state index contributed by atoms with van der Waals surface area (Å²) >= 11 is 5.95. The van der Waals surface area contributed by atoms with Crippen LogP contribution in [0.3, 0.4) is 0 Å². The van der Waals surface area contributed by atoms with Gasteiger partial charge in [-0.1, -0.05) is 23.7 Å². The minimum Gasteiger partial charge on any atom is -0.491 e. The molecule has 1 unspecified atom stereocenters. The molecule has 1 heterocycles. The van der Waals surface area contributed by atoms with E-state index in [4.69, 9.17) is 16.3 Å². The van der Waals surface area contributed by atoms with Crippen LogP contribution in [0, 0.1) is 0 Å². The van der Waals surface area contributed by atoms with Crippen molar-refractivity contribution in [1.29, 1.82) is 0 Å². The second kappa shape index (κ2) is 8.53. The van der Waals surface area contributed by atoms with Gasteiger partial charge in [-0.3, -0.25) is 4.79 Å². The highest BCUT2D eigenvalue weighted by atomic mass is 35.5. The number of carbonyl (C=O) groups is 1. The summed E-state index contributed by atoms with van der Waals surface area (Å²) in [5, 5.41) is 0.616. The maximum atomic E-state index is 13.2. The molecule has 28 heavy (non-hydrogen) atoms. The molecule has 0 saturated carbocycles. The van der Waals surface area contributed by atoms with Crippen molar-refractivity contribution < 1.29 is 17.9 Å². The number of nitrogens with zero attached hydrogens (tertiary/aromatic N) is 1. The van der Waals surface area contributed by atoms with Crippen LogP contribution in [0.25, 0.3) is 0 Å². The van der Waals surface area contributed by atoms with Crippen LogP contribution in [-0.4, -0.2) is 42.9 Å². The van der Waals surface area contributed by atoms with Crippen molar-refractivity contribution in [1.82, 2.24) is 4.90 Å². The average Bonchev–Trinajstić information content (AvgIpc) is 3.00. The lowest BCUT2D eigenvalue weighted by molar-refractivity contribution is 0.0681. The van der Waals surface area contributed by atoms with Gasteiger partial charge in [0.05, 0.1) is 17.6 Å². The molecule has 0 aromatic heterocycles. The Balaban J connectivity index is 1.84. The Kier molecular flexibility index (Phi) is 6.30. The first-order valence-electron chi connectivity index (χ1n) is 9.26. The molecule has 0 spiro atoms. The molecule has 1 fully saturated rings. The summed E-state index contributed by atoms with van der Waals surface area (Å²) in [7, 11) is -3.11. The molecule has 2 aromatic carbocycles. The van der Waals surface area contributed by atoms with E-state index in [1.165, 1.54) is 0 Å². The van der Waals surface area contributed by atoms with Gasteiger partial charge >= 0.3 is 0 Å². The average molecular weight is 422 g/mol. The standard InChI is InChI=1S/C21H24ClNO4S/c1-15(2)27-20-9-5-17(6-10-20)21(24)23(19-11-12-28(25,26)14-19)13-16-3-7-18(22)8-4-16/h3-10,15,19H,11-14H2,1-2H3. The van der Waals surface area contributed by atoms with Crippen molar-refractivity contribution in [3.63, 3.8) is 0 Å². The molecule has 7 heteroatoms. The zero-order valence-electron chi connectivity index (χ0n) is 16.0. The Morgan fingerprint density at radius 2 is 1.79 bits per heavy atom. The molecule has 1 amide bonds. The normalized spacial score (nSPS) is 18.2. The number of rotatable bonds is 6. The molecule has 2 aromatic rings. The van der Waals surface area contributed by atoms with Crippen LogP contribution in [-0.2, 0) is 16.4 Å². The minimum atomic E-state index is -3.11. The van der Waals surface area contributed by atoms with Crippen LogP contribution in [0.5, 0.6) is 5.75 Å². The molecule has 1 atom stereocenters. The summed E-state index contributed by atoms with van der Waals surface area (Å²) in [6.07, 6.45) is 0.502. The van der Waals surface area contributed by atoms with Crippen molar-refractivity contribution in [2.75, 3.05) is 11.5 Å². The molecule has 0 bridgehead atoms. The fraction of sp³-hybridized carbons (Fsp3) is 0.381. The largest absolute Gasteiger partial charge is 0.491 e. The second-order valence-corrected chi connectivity index (χ2v) is 9.97. The van der Waals surface area contributed by atoms with E-state index in [9.17, 15) is 13.2 Å². The van der Waals surface area contributed by atoms with Crippen LogP contribution in [0.2, 0.25) is 5.02 Å². The predicted molar refractivity (Wildman–Crippen MR) is 111 cm³/mol. The fourth-order valence-corrected chi connectivity index (χ4v) is 5.15. The highest BCUT2D eigenvalue weighted by Crippen LogP contribution is 2.24. The lowest BCUT2D eigenvalue weighted by atomic mass is 10.1. The van der Waals surface area contributed by atoms with Crippen LogP contribution in [0.15, 0.2) is 48.5 Å². The topological polar surface area (TPSA) is 63.7 Å². The van der Waals surface area contributed by atoms with Crippen LogP contribution >= 0.6 is 11.6 Å². The minimum absolute atomic E-state index is 0.000867. The lowest BCUT2D eigenvalue weighted by Crippen LogP contribution is -2.40. The van der Waals surface area contributed by atoms with E-state index in [1.807, 2.05) is 26.0 Å². The molecule has 3 rings (SSSR count). The Hall–Kier alpha value is -2.05. The maximum absolute atomic E-state index is 13.2. The first kappa shape index (κ1) is 20.7. The van der Waals surface area contributed by atoms with Gasteiger partial charge in [-0.25, -0.2) is 8.42 Å². The fourth-order valence-electron chi connectivity index (χ4n) is 3.29. The number of halogens is 1. The van der Waals surface area contributed by atoms with E-state index in [0.717, 1.165) is 5.56 Å². The first-order valence-corrected chi connectivity index (χ1v) is 11.5. The zero-order valence-corrected chi connectivity index (χ0v) is 17.5. The second-order valence-electron chi connectivity index (χ2n) is 7.31. The van der Waals surface area contributed by atoms with Gasteiger partial charge in [0, 0.05) is 23.2 Å². The van der Waals surface area contributed by atoms with Crippen molar-refractivity contribution in [3.05, 3.63) is 64.7 Å². The van der Waals surface area contributed by atoms with Crippen molar-refractivity contribution in [3.8, 4) is 5.75 Å². The summed E-state index contributed by atoms with van der Waals surface area (Å²) in [6.45, 7) is 4.21. The third-order valence-corrected chi connectivity index (χ3v) is 6.65. The number of ether oxygens (including phenoxy) is 1. The molecule has 1 aliphatic rings. The SMILES string of the molecule is CC(C)Oc1ccc(C(=O)N(Cc2ccc(Cl)cc2)C2CCS(=O)(=O)C2)cc1. The highest BCUT2D eigenvalue weighted by Gasteiger charge is 2.35. The molecule has 0 radical (unpaired) electrons. The van der Waals surface area contributed by atoms with Crippen molar-refractivity contribution >= 4 is 27.3 Å². The third-order valence-electron chi connectivity index (χ3n) is 4.65. The molecule has 1 saturated heterocycles. The summed E-state index contributed by atoms with van der Waals surface area (Å²) in [5.74, 6) is 0.622. The summed E-state index contributed by atoms with van der Waals surface area (Å²) in [4.78, 5) is 14.9. The lowest BCUT2D eigenvalue weighted by Gasteiger charge is -2.28. The van der Waals surface area contributed by atoms with Gasteiger partial charge in [-0.05, 0) is 62.2 Å². The molecule has 150 valence electrons. The zero-order chi connectivity index (χ0) is 20.3. The van der Waals surface area contributed by atoms with E-state index < -0.39 is 9.84 Å². The van der Waals surface area contributed by atoms with E-state index in [-0.39, 0.29) is 29.6 Å². The van der Waals surface area contributed by atoms with Crippen LogP contribution in [0.4, 0.5) is 0 Å². The van der Waals surface area contributed by atoms with Crippen LogP contribution < -0.4 is 4.74 Å². The number of carbonyl (C=O) groups excluding carboxylic acids is 1. The molecule has 1 aliphatic heterocycles. The van der Waals surface area contributed by atoms with Crippen LogP contribution in [0.1, 0.15) is 36.2 Å². The third kappa shape index (κ3) is 5.26. The van der Waals surface area contributed by atoms with Crippen molar-refractivity contribution in [2.45, 2.75) is 39.0 Å². The number of hydrogen-bond acceptors (Lipinski definition) is 4. The summed E-state index contributed by atoms with van der Waals surface area (Å²) < 4.78 is 29.6. The van der Waals surface area contributed by atoms with E-state index in [0.29, 0.717) is 29.3 Å². The number of sulfone groups is 1. The number of benzene rings is 2. The molecule has 0 aliphatic carbocycles. The molecular weight excluding hydrogens is 398 g/mol.